The number of benzene rings is 1. The van der Waals surface area contributed by atoms with Gasteiger partial charge in [0.2, 0.25) is 0 Å². The Kier molecular flexibility index (Phi) is 5.02. The monoisotopic (exact) mass is 377 g/mol. The van der Waals surface area contributed by atoms with Crippen LogP contribution in [0.4, 0.5) is 0 Å². The van der Waals surface area contributed by atoms with Gasteiger partial charge in [0.05, 0.1) is 16.8 Å². The van der Waals surface area contributed by atoms with Gasteiger partial charge in [0.15, 0.2) is 5.69 Å². The molecule has 0 radical (unpaired) electrons. The number of aliphatic carboxylic acids is 1. The van der Waals surface area contributed by atoms with Gasteiger partial charge < -0.3 is 15.1 Å². The highest BCUT2D eigenvalue weighted by Crippen LogP contribution is 2.36. The lowest BCUT2D eigenvalue weighted by Gasteiger charge is -2.42. The molecule has 138 valence electrons. The Bertz CT molecular complexity index is 823. The number of aliphatic hydroxyl groups excluding tert-OH is 1. The second-order valence-corrected chi connectivity index (χ2v) is 7.03. The topological polar surface area (TPSA) is 107 Å². The van der Waals surface area contributed by atoms with Crippen LogP contribution >= 0.6 is 11.6 Å². The van der Waals surface area contributed by atoms with E-state index in [-0.39, 0.29) is 36.6 Å². The highest BCUT2D eigenvalue weighted by atomic mass is 35.5. The summed E-state index contributed by atoms with van der Waals surface area (Å²) in [6, 6.07) is 9.18. The van der Waals surface area contributed by atoms with E-state index in [0.717, 1.165) is 5.56 Å². The summed E-state index contributed by atoms with van der Waals surface area (Å²) < 4.78 is 0. The quantitative estimate of drug-likeness (QED) is 0.754. The minimum absolute atomic E-state index is 0.0831. The number of nitrogens with one attached hydrogen (secondary N) is 1. The molecule has 0 aliphatic carbocycles. The fourth-order valence-corrected chi connectivity index (χ4v) is 3.52. The summed E-state index contributed by atoms with van der Waals surface area (Å²) >= 11 is 6.08. The number of aromatic amines is 1. The maximum atomic E-state index is 12.6. The van der Waals surface area contributed by atoms with Crippen molar-refractivity contribution in [1.82, 2.24) is 15.1 Å². The Hall–Kier alpha value is -2.38. The highest BCUT2D eigenvalue weighted by Gasteiger charge is 2.49. The molecule has 8 heteroatoms. The predicted molar refractivity (Wildman–Crippen MR) is 95.1 cm³/mol. The normalized spacial score (nSPS) is 23.0. The number of rotatable bonds is 4. The summed E-state index contributed by atoms with van der Waals surface area (Å²) in [5, 5.41) is 27.3. The van der Waals surface area contributed by atoms with Gasteiger partial charge in [0.25, 0.3) is 5.91 Å². The minimum atomic E-state index is -1.33. The molecule has 3 N–H and O–H groups in total. The van der Waals surface area contributed by atoms with Crippen LogP contribution in [-0.2, 0) is 11.2 Å². The van der Waals surface area contributed by atoms with E-state index in [1.54, 1.807) is 6.92 Å². The van der Waals surface area contributed by atoms with E-state index < -0.39 is 23.4 Å². The number of aryl methyl sites for hydroxylation is 1. The van der Waals surface area contributed by atoms with E-state index in [1.807, 2.05) is 30.3 Å². The van der Waals surface area contributed by atoms with E-state index in [9.17, 15) is 19.8 Å². The van der Waals surface area contributed by atoms with Gasteiger partial charge in [-0.15, -0.1) is 0 Å². The van der Waals surface area contributed by atoms with E-state index in [0.29, 0.717) is 5.69 Å². The zero-order valence-electron chi connectivity index (χ0n) is 14.3. The van der Waals surface area contributed by atoms with E-state index in [4.69, 9.17) is 11.6 Å². The molecule has 1 aliphatic heterocycles. The van der Waals surface area contributed by atoms with Crippen LogP contribution in [0.1, 0.15) is 28.2 Å². The Balaban J connectivity index is 1.80. The Morgan fingerprint density at radius 3 is 2.62 bits per heavy atom. The number of H-pyrrole nitrogens is 1. The number of carbonyl (C=O) groups excluding carboxylic acids is 1. The Morgan fingerprint density at radius 2 is 2.08 bits per heavy atom. The van der Waals surface area contributed by atoms with Gasteiger partial charge in [-0.3, -0.25) is 14.7 Å². The predicted octanol–water partition coefficient (Wildman–Crippen LogP) is 1.89. The van der Waals surface area contributed by atoms with Gasteiger partial charge in [-0.05, 0) is 25.3 Å². The number of hydrogen-bond donors (Lipinski definition) is 3. The summed E-state index contributed by atoms with van der Waals surface area (Å²) in [4.78, 5) is 26.0. The molecule has 2 heterocycles. The lowest BCUT2D eigenvalue weighted by Crippen LogP contribution is -2.57. The molecule has 0 spiro atoms. The molecule has 1 aliphatic rings. The van der Waals surface area contributed by atoms with Crippen molar-refractivity contribution in [3.8, 4) is 0 Å². The molecule has 1 aromatic carbocycles. The third-order valence-electron chi connectivity index (χ3n) is 5.01. The van der Waals surface area contributed by atoms with Crippen LogP contribution in [0.25, 0.3) is 0 Å². The zero-order valence-corrected chi connectivity index (χ0v) is 15.0. The van der Waals surface area contributed by atoms with Gasteiger partial charge in [0, 0.05) is 13.1 Å². The largest absolute Gasteiger partial charge is 0.481 e. The Morgan fingerprint density at radius 1 is 1.38 bits per heavy atom. The van der Waals surface area contributed by atoms with E-state index in [2.05, 4.69) is 10.2 Å². The first-order chi connectivity index (χ1) is 12.3. The number of β-amino-alcohol motifs (C(OH)–C–C–N with tert-alkyl or cyclic N) is 1. The molecule has 7 nitrogen and oxygen atoms in total. The maximum absolute atomic E-state index is 12.6. The summed E-state index contributed by atoms with van der Waals surface area (Å²) in [6.45, 7) is 1.82. The molecule has 1 amide bonds. The fraction of sp³-hybridized carbons (Fsp3) is 0.389. The SMILES string of the molecule is Cc1[nH]nc(C(=O)N2CC[C@](Cc3ccccc3)(C(=O)O)[C@@H](O)C2)c1Cl. The van der Waals surface area contributed by atoms with Crippen molar-refractivity contribution < 1.29 is 19.8 Å². The molecule has 0 unspecified atom stereocenters. The van der Waals surface area contributed by atoms with Crippen molar-refractivity contribution in [2.24, 2.45) is 5.41 Å². The van der Waals surface area contributed by atoms with Crippen molar-refractivity contribution in [2.75, 3.05) is 13.1 Å². The number of hydrogen-bond acceptors (Lipinski definition) is 4. The molecule has 1 fully saturated rings. The lowest BCUT2D eigenvalue weighted by atomic mass is 9.71. The van der Waals surface area contributed by atoms with E-state index in [1.165, 1.54) is 4.90 Å². The number of carbonyl (C=O) groups is 2. The van der Waals surface area contributed by atoms with E-state index >= 15 is 0 Å². The molecule has 1 saturated heterocycles. The minimum Gasteiger partial charge on any atom is -0.481 e. The van der Waals surface area contributed by atoms with Crippen molar-refractivity contribution in [3.63, 3.8) is 0 Å². The highest BCUT2D eigenvalue weighted by molar-refractivity contribution is 6.34. The summed E-state index contributed by atoms with van der Waals surface area (Å²) in [7, 11) is 0. The molecule has 2 aromatic rings. The van der Waals surface area contributed by atoms with Crippen LogP contribution in [0.3, 0.4) is 0 Å². The van der Waals surface area contributed by atoms with Gasteiger partial charge in [0.1, 0.15) is 5.41 Å². The van der Waals surface area contributed by atoms with Crippen molar-refractivity contribution >= 4 is 23.5 Å². The standard InChI is InChI=1S/C18H20ClN3O4/c1-11-14(19)15(21-20-11)16(24)22-8-7-18(17(25)26,13(23)10-22)9-12-5-3-2-4-6-12/h2-6,13,23H,7-10H2,1H3,(H,20,21)(H,25,26)/t13-,18+/m0/s1. The second kappa shape index (κ2) is 7.09. The van der Waals surface area contributed by atoms with Gasteiger partial charge >= 0.3 is 5.97 Å². The molecule has 1 aromatic heterocycles. The summed E-state index contributed by atoms with van der Waals surface area (Å²) in [5.74, 6) is -1.48. The average molecular weight is 378 g/mol. The average Bonchev–Trinajstić information content (AvgIpc) is 2.96. The van der Waals surface area contributed by atoms with Gasteiger partial charge in [-0.1, -0.05) is 41.9 Å². The number of amides is 1. The molecule has 26 heavy (non-hydrogen) atoms. The third-order valence-corrected chi connectivity index (χ3v) is 5.47. The number of carboxylic acid groups (broad SMARTS) is 1. The van der Waals surface area contributed by atoms with Crippen LogP contribution in [0.5, 0.6) is 0 Å². The van der Waals surface area contributed by atoms with Crippen molar-refractivity contribution in [1.29, 1.82) is 0 Å². The fourth-order valence-electron chi connectivity index (χ4n) is 3.36. The van der Waals surface area contributed by atoms with Crippen LogP contribution in [-0.4, -0.2) is 56.4 Å². The van der Waals surface area contributed by atoms with Gasteiger partial charge in [-0.25, -0.2) is 0 Å². The van der Waals surface area contributed by atoms with Crippen molar-refractivity contribution in [2.45, 2.75) is 25.9 Å². The van der Waals surface area contributed by atoms with Crippen molar-refractivity contribution in [3.05, 3.63) is 52.3 Å². The second-order valence-electron chi connectivity index (χ2n) is 6.65. The lowest BCUT2D eigenvalue weighted by molar-refractivity contribution is -0.161. The number of halogens is 1. The summed E-state index contributed by atoms with van der Waals surface area (Å²) in [6.07, 6.45) is -0.850. The van der Waals surface area contributed by atoms with Crippen LogP contribution in [0.15, 0.2) is 30.3 Å². The number of aromatic nitrogens is 2. The maximum Gasteiger partial charge on any atom is 0.312 e. The molecule has 0 saturated carbocycles. The number of carboxylic acids is 1. The number of piperidine rings is 1. The smallest absolute Gasteiger partial charge is 0.312 e. The van der Waals surface area contributed by atoms with Crippen LogP contribution in [0, 0.1) is 12.3 Å². The Labute approximate surface area is 155 Å². The first-order valence-electron chi connectivity index (χ1n) is 8.30. The molecule has 2 atom stereocenters. The number of likely N-dealkylation sites (tertiary alicyclic amines) is 1. The molecule has 3 rings (SSSR count). The first-order valence-corrected chi connectivity index (χ1v) is 8.68. The third kappa shape index (κ3) is 3.20. The number of nitrogens with zero attached hydrogens (tertiary/aromatic N) is 2. The first kappa shape index (κ1) is 18.4. The van der Waals surface area contributed by atoms with Crippen LogP contribution in [0.2, 0.25) is 5.02 Å². The molecular formula is C18H20ClN3O4. The van der Waals surface area contributed by atoms with Crippen LogP contribution < -0.4 is 0 Å². The number of aliphatic hydroxyl groups is 1. The summed E-state index contributed by atoms with van der Waals surface area (Å²) in [5.41, 5.74) is 0.169. The zero-order chi connectivity index (χ0) is 18.9. The molecule has 0 bridgehead atoms. The molecular weight excluding hydrogens is 358 g/mol. The van der Waals surface area contributed by atoms with Gasteiger partial charge in [-0.2, -0.15) is 5.10 Å².